The number of nitrogens with one attached hydrogen (secondary N) is 3. The van der Waals surface area contributed by atoms with Gasteiger partial charge in [-0.3, -0.25) is 19.9 Å². The Morgan fingerprint density at radius 1 is 1.14 bits per heavy atom. The quantitative estimate of drug-likeness (QED) is 0.245. The van der Waals surface area contributed by atoms with E-state index in [1.807, 2.05) is 0 Å². The molecule has 14 heteroatoms. The topological polar surface area (TPSA) is 162 Å². The maximum Gasteiger partial charge on any atom is 0.290 e. The molecule has 2 amide bonds. The molecule has 0 aliphatic carbocycles. The number of fused-ring (bicyclic) bond motifs is 1. The largest absolute Gasteiger partial charge is 0.475 e. The molecule has 1 saturated heterocycles. The fourth-order valence-corrected chi connectivity index (χ4v) is 5.15. The van der Waals surface area contributed by atoms with Gasteiger partial charge in [0.15, 0.2) is 0 Å². The lowest BCUT2D eigenvalue weighted by Gasteiger charge is -2.11. The molecule has 0 bridgehead atoms. The number of anilines is 1. The van der Waals surface area contributed by atoms with Crippen LogP contribution in [0.1, 0.15) is 5.69 Å². The second-order valence-electron chi connectivity index (χ2n) is 7.33. The number of amides is 2. The highest BCUT2D eigenvalue weighted by Gasteiger charge is 2.25. The molecule has 0 atom stereocenters. The number of nitrogens with zero attached hydrogens (tertiary/aromatic N) is 3. The molecule has 1 aliphatic rings. The van der Waals surface area contributed by atoms with Gasteiger partial charge in [-0.05, 0) is 30.0 Å². The third-order valence-electron chi connectivity index (χ3n) is 4.81. The van der Waals surface area contributed by atoms with Gasteiger partial charge in [0.2, 0.25) is 21.9 Å². The molecular formula is C22H22N6O6S2. The normalized spacial score (nSPS) is 14.9. The van der Waals surface area contributed by atoms with E-state index in [1.165, 1.54) is 25.3 Å². The minimum atomic E-state index is -3.79. The molecule has 36 heavy (non-hydrogen) atoms. The Morgan fingerprint density at radius 2 is 2.00 bits per heavy atom. The van der Waals surface area contributed by atoms with Crippen molar-refractivity contribution in [2.75, 3.05) is 38.7 Å². The first-order chi connectivity index (χ1) is 17.4. The van der Waals surface area contributed by atoms with Crippen LogP contribution >= 0.6 is 11.8 Å². The standard InChI is InChI=1S/C22H22N6O6S2/c1-33-9-10-34-19-12-15(11-17-20(29)28-22(30)35-17)26-21(27-19)24-7-8-25-36(31,32)18-4-2-3-14-13-23-6-5-16(14)18/h2-6,11-13,25H,7-10H2,1H3,(H,24,26,27)(H,28,29,30). The van der Waals surface area contributed by atoms with Crippen LogP contribution in [0, 0.1) is 0 Å². The highest BCUT2D eigenvalue weighted by Crippen LogP contribution is 2.26. The van der Waals surface area contributed by atoms with Crippen LogP contribution < -0.4 is 20.1 Å². The van der Waals surface area contributed by atoms with Crippen molar-refractivity contribution in [3.8, 4) is 5.88 Å². The summed E-state index contributed by atoms with van der Waals surface area (Å²) in [6.45, 7) is 0.779. The van der Waals surface area contributed by atoms with Crippen LogP contribution in [-0.4, -0.2) is 67.9 Å². The molecule has 1 fully saturated rings. The summed E-state index contributed by atoms with van der Waals surface area (Å²) in [5.74, 6) is -0.142. The summed E-state index contributed by atoms with van der Waals surface area (Å²) in [5.41, 5.74) is 0.331. The van der Waals surface area contributed by atoms with E-state index >= 15 is 0 Å². The van der Waals surface area contributed by atoms with Crippen molar-refractivity contribution in [3.05, 3.63) is 53.3 Å². The maximum atomic E-state index is 12.9. The summed E-state index contributed by atoms with van der Waals surface area (Å²) in [7, 11) is -2.25. The number of thioether (sulfide) groups is 1. The molecule has 3 aromatic rings. The predicted molar refractivity (Wildman–Crippen MR) is 134 cm³/mol. The second kappa shape index (κ2) is 11.4. The van der Waals surface area contributed by atoms with Crippen LogP contribution in [0.15, 0.2) is 52.5 Å². The third-order valence-corrected chi connectivity index (χ3v) is 7.14. The van der Waals surface area contributed by atoms with Gasteiger partial charge in [-0.25, -0.2) is 18.1 Å². The lowest BCUT2D eigenvalue weighted by Crippen LogP contribution is -2.29. The Bertz CT molecular complexity index is 1420. The van der Waals surface area contributed by atoms with E-state index < -0.39 is 21.2 Å². The zero-order valence-electron chi connectivity index (χ0n) is 19.1. The Labute approximate surface area is 211 Å². The van der Waals surface area contributed by atoms with Crippen molar-refractivity contribution < 1.29 is 27.5 Å². The highest BCUT2D eigenvalue weighted by atomic mass is 32.2. The number of aromatic nitrogens is 3. The Hall–Kier alpha value is -3.59. The molecule has 3 N–H and O–H groups in total. The smallest absolute Gasteiger partial charge is 0.290 e. The molecule has 4 rings (SSSR count). The molecule has 0 radical (unpaired) electrons. The first-order valence-electron chi connectivity index (χ1n) is 10.7. The lowest BCUT2D eigenvalue weighted by molar-refractivity contribution is -0.115. The number of methoxy groups -OCH3 is 1. The van der Waals surface area contributed by atoms with Crippen molar-refractivity contribution in [2.24, 2.45) is 0 Å². The van der Waals surface area contributed by atoms with Gasteiger partial charge in [0.25, 0.3) is 11.1 Å². The Balaban J connectivity index is 1.45. The second-order valence-corrected chi connectivity index (χ2v) is 10.1. The van der Waals surface area contributed by atoms with Gasteiger partial charge < -0.3 is 14.8 Å². The van der Waals surface area contributed by atoms with Crippen molar-refractivity contribution in [2.45, 2.75) is 4.90 Å². The zero-order chi connectivity index (χ0) is 25.5. The summed E-state index contributed by atoms with van der Waals surface area (Å²) in [4.78, 5) is 36.3. The number of hydrogen-bond acceptors (Lipinski definition) is 11. The molecule has 0 saturated carbocycles. The SMILES string of the molecule is COCCOc1cc(C=C2SC(=O)NC2=O)nc(NCCNS(=O)(=O)c2cccc3cnccc23)n1. The number of carbonyl (C=O) groups excluding carboxylic acids is 2. The van der Waals surface area contributed by atoms with Gasteiger partial charge in [0.1, 0.15) is 6.61 Å². The molecule has 3 heterocycles. The minimum absolute atomic E-state index is 0.0467. The van der Waals surface area contributed by atoms with E-state index in [1.54, 1.807) is 30.6 Å². The summed E-state index contributed by atoms with van der Waals surface area (Å²) >= 11 is 0.764. The third kappa shape index (κ3) is 6.34. The summed E-state index contributed by atoms with van der Waals surface area (Å²) in [6, 6.07) is 8.15. The van der Waals surface area contributed by atoms with Gasteiger partial charge in [-0.1, -0.05) is 12.1 Å². The first-order valence-corrected chi connectivity index (χ1v) is 13.0. The number of carbonyl (C=O) groups is 2. The van der Waals surface area contributed by atoms with Crippen LogP contribution in [-0.2, 0) is 19.6 Å². The van der Waals surface area contributed by atoms with E-state index in [9.17, 15) is 18.0 Å². The van der Waals surface area contributed by atoms with Crippen molar-refractivity contribution >= 4 is 55.7 Å². The van der Waals surface area contributed by atoms with Crippen LogP contribution in [0.3, 0.4) is 0 Å². The summed E-state index contributed by atoms with van der Waals surface area (Å²) in [6.07, 6.45) is 4.59. The van der Waals surface area contributed by atoms with Crippen molar-refractivity contribution in [1.82, 2.24) is 25.0 Å². The molecule has 0 spiro atoms. The molecule has 2 aromatic heterocycles. The summed E-state index contributed by atoms with van der Waals surface area (Å²) in [5, 5.41) is 5.95. The average Bonchev–Trinajstić information content (AvgIpc) is 3.17. The number of imide groups is 1. The first kappa shape index (κ1) is 25.5. The van der Waals surface area contributed by atoms with Crippen LogP contribution in [0.25, 0.3) is 16.8 Å². The summed E-state index contributed by atoms with van der Waals surface area (Å²) < 4.78 is 38.8. The predicted octanol–water partition coefficient (Wildman–Crippen LogP) is 1.76. The Morgan fingerprint density at radius 3 is 2.78 bits per heavy atom. The van der Waals surface area contributed by atoms with Gasteiger partial charge >= 0.3 is 0 Å². The fraction of sp³-hybridized carbons (Fsp3) is 0.227. The van der Waals surface area contributed by atoms with Gasteiger partial charge in [-0.2, -0.15) is 4.98 Å². The molecular weight excluding hydrogens is 508 g/mol. The van der Waals surface area contributed by atoms with E-state index in [0.717, 1.165) is 17.1 Å². The van der Waals surface area contributed by atoms with Gasteiger partial charge in [0.05, 0.1) is 22.1 Å². The van der Waals surface area contributed by atoms with E-state index in [2.05, 4.69) is 30.3 Å². The Kier molecular flexibility index (Phi) is 8.10. The number of ether oxygens (including phenoxy) is 2. The van der Waals surface area contributed by atoms with E-state index in [4.69, 9.17) is 9.47 Å². The molecule has 1 aromatic carbocycles. The zero-order valence-corrected chi connectivity index (χ0v) is 20.7. The van der Waals surface area contributed by atoms with Gasteiger partial charge in [0, 0.05) is 49.4 Å². The number of rotatable bonds is 11. The number of sulfonamides is 1. The number of benzene rings is 1. The van der Waals surface area contributed by atoms with Crippen LogP contribution in [0.2, 0.25) is 0 Å². The molecule has 0 unspecified atom stereocenters. The minimum Gasteiger partial charge on any atom is -0.475 e. The van der Waals surface area contributed by atoms with Gasteiger partial charge in [-0.15, -0.1) is 0 Å². The van der Waals surface area contributed by atoms with Crippen molar-refractivity contribution in [1.29, 1.82) is 0 Å². The molecule has 12 nitrogen and oxygen atoms in total. The van der Waals surface area contributed by atoms with E-state index in [0.29, 0.717) is 17.7 Å². The van der Waals surface area contributed by atoms with Crippen LogP contribution in [0.5, 0.6) is 5.88 Å². The molecule has 188 valence electrons. The maximum absolute atomic E-state index is 12.9. The number of pyridine rings is 1. The average molecular weight is 531 g/mol. The highest BCUT2D eigenvalue weighted by molar-refractivity contribution is 8.18. The van der Waals surface area contributed by atoms with Crippen LogP contribution in [0.4, 0.5) is 10.7 Å². The van der Waals surface area contributed by atoms with Crippen molar-refractivity contribution in [3.63, 3.8) is 0 Å². The lowest BCUT2D eigenvalue weighted by atomic mass is 10.2. The molecule has 1 aliphatic heterocycles. The fourth-order valence-electron chi connectivity index (χ4n) is 3.22. The van der Waals surface area contributed by atoms with E-state index in [-0.39, 0.29) is 41.3 Å². The number of hydrogen-bond donors (Lipinski definition) is 3. The monoisotopic (exact) mass is 530 g/mol.